The lowest BCUT2D eigenvalue weighted by Gasteiger charge is -2.22. The van der Waals surface area contributed by atoms with E-state index < -0.39 is 0 Å². The van der Waals surface area contributed by atoms with Crippen LogP contribution in [0.5, 0.6) is 0 Å². The van der Waals surface area contributed by atoms with Crippen molar-refractivity contribution in [2.45, 2.75) is 64.2 Å². The molecular weight excluding hydrogens is 332 g/mol. The van der Waals surface area contributed by atoms with Gasteiger partial charge in [0.2, 0.25) is 5.91 Å². The molecule has 1 aliphatic carbocycles. The Bertz CT molecular complexity index is 845. The van der Waals surface area contributed by atoms with Crippen LogP contribution in [0.15, 0.2) is 47.5 Å². The largest absolute Gasteiger partial charge is 0.326 e. The van der Waals surface area contributed by atoms with Crippen LogP contribution in [0, 0.1) is 6.92 Å². The minimum atomic E-state index is 0.0229. The van der Waals surface area contributed by atoms with Crippen LogP contribution in [0.1, 0.15) is 67.6 Å². The topological polar surface area (TPSA) is 41.5 Å². The predicted molar refractivity (Wildman–Crippen MR) is 112 cm³/mol. The first-order valence-corrected chi connectivity index (χ1v) is 10.2. The lowest BCUT2D eigenvalue weighted by Crippen LogP contribution is -2.18. The number of benzene rings is 2. The van der Waals surface area contributed by atoms with Gasteiger partial charge in [0.1, 0.15) is 0 Å². The number of fused-ring (bicyclic) bond motifs is 1. The molecule has 1 heterocycles. The Kier molecular flexibility index (Phi) is 5.38. The Labute approximate surface area is 161 Å². The van der Waals surface area contributed by atoms with Crippen LogP contribution in [0.3, 0.4) is 0 Å². The number of amides is 1. The summed E-state index contributed by atoms with van der Waals surface area (Å²) in [5.74, 6) is 0.721. The first-order valence-electron chi connectivity index (χ1n) is 10.2. The molecule has 1 fully saturated rings. The Morgan fingerprint density at radius 3 is 2.59 bits per heavy atom. The minimum Gasteiger partial charge on any atom is -0.326 e. The molecule has 1 aliphatic heterocycles. The molecule has 0 aromatic heterocycles. The van der Waals surface area contributed by atoms with Gasteiger partial charge in [-0.3, -0.25) is 9.79 Å². The molecule has 1 saturated carbocycles. The summed E-state index contributed by atoms with van der Waals surface area (Å²) in [5.41, 5.74) is 6.84. The molecule has 2 aromatic carbocycles. The van der Waals surface area contributed by atoms with Crippen molar-refractivity contribution in [3.8, 4) is 0 Å². The molecule has 0 unspecified atom stereocenters. The highest BCUT2D eigenvalue weighted by molar-refractivity contribution is 6.07. The zero-order chi connectivity index (χ0) is 18.6. The van der Waals surface area contributed by atoms with Gasteiger partial charge in [0, 0.05) is 11.4 Å². The van der Waals surface area contributed by atoms with Crippen molar-refractivity contribution < 1.29 is 4.79 Å². The van der Waals surface area contributed by atoms with Crippen LogP contribution < -0.4 is 5.32 Å². The van der Waals surface area contributed by atoms with Crippen LogP contribution in [0.2, 0.25) is 0 Å². The lowest BCUT2D eigenvalue weighted by molar-refractivity contribution is -0.115. The number of anilines is 1. The highest BCUT2D eigenvalue weighted by Gasteiger charge is 2.17. The molecule has 0 radical (unpaired) electrons. The van der Waals surface area contributed by atoms with Crippen molar-refractivity contribution in [2.24, 2.45) is 4.99 Å². The maximum absolute atomic E-state index is 12.4. The highest BCUT2D eigenvalue weighted by Crippen LogP contribution is 2.33. The predicted octanol–water partition coefficient (Wildman–Crippen LogP) is 6.09. The molecular formula is C24H28N2O. The van der Waals surface area contributed by atoms with Crippen LogP contribution in [-0.4, -0.2) is 11.6 Å². The monoisotopic (exact) mass is 360 g/mol. The van der Waals surface area contributed by atoms with Gasteiger partial charge < -0.3 is 5.32 Å². The summed E-state index contributed by atoms with van der Waals surface area (Å²) in [6.07, 6.45) is 8.86. The molecule has 1 amide bonds. The van der Waals surface area contributed by atoms with Gasteiger partial charge in [0.05, 0.1) is 12.1 Å². The zero-order valence-corrected chi connectivity index (χ0v) is 16.1. The summed E-state index contributed by atoms with van der Waals surface area (Å²) < 4.78 is 0. The van der Waals surface area contributed by atoms with Crippen molar-refractivity contribution in [3.63, 3.8) is 0 Å². The van der Waals surface area contributed by atoms with Gasteiger partial charge in [-0.25, -0.2) is 0 Å². The van der Waals surface area contributed by atoms with E-state index in [9.17, 15) is 4.79 Å². The molecule has 2 aliphatic rings. The third kappa shape index (κ3) is 4.47. The van der Waals surface area contributed by atoms with Gasteiger partial charge in [0.25, 0.3) is 0 Å². The number of carbonyl (C=O) groups excluding carboxylic acids is 1. The Hall–Kier alpha value is -2.42. The van der Waals surface area contributed by atoms with Crippen molar-refractivity contribution >= 4 is 23.0 Å². The number of aliphatic imine (C=N–C) groups is 1. The number of carbonyl (C=O) groups is 1. The van der Waals surface area contributed by atoms with E-state index in [2.05, 4.69) is 42.6 Å². The lowest BCUT2D eigenvalue weighted by atomic mass is 9.84. The third-order valence-corrected chi connectivity index (χ3v) is 5.83. The van der Waals surface area contributed by atoms with Crippen molar-refractivity contribution in [1.82, 2.24) is 0 Å². The van der Waals surface area contributed by atoms with Crippen molar-refractivity contribution in [1.29, 1.82) is 0 Å². The van der Waals surface area contributed by atoms with Gasteiger partial charge in [-0.05, 0) is 67.9 Å². The van der Waals surface area contributed by atoms with Gasteiger partial charge in [-0.15, -0.1) is 0 Å². The average Bonchev–Trinajstić information content (AvgIpc) is 2.69. The van der Waals surface area contributed by atoms with E-state index >= 15 is 0 Å². The van der Waals surface area contributed by atoms with E-state index in [1.54, 1.807) is 0 Å². The van der Waals surface area contributed by atoms with Crippen LogP contribution in [-0.2, 0) is 11.2 Å². The van der Waals surface area contributed by atoms with Crippen molar-refractivity contribution in [3.05, 3.63) is 59.2 Å². The van der Waals surface area contributed by atoms with Gasteiger partial charge >= 0.3 is 0 Å². The molecule has 3 heteroatoms. The number of nitrogens with zero attached hydrogens (tertiary/aromatic N) is 1. The van der Waals surface area contributed by atoms with Gasteiger partial charge in [0.15, 0.2) is 0 Å². The first kappa shape index (κ1) is 18.0. The fourth-order valence-corrected chi connectivity index (χ4v) is 4.32. The van der Waals surface area contributed by atoms with Crippen LogP contribution in [0.25, 0.3) is 0 Å². The standard InChI is InChI=1S/C24H28N2O/c1-17-7-14-23-20(15-17)10-13-22(25-23)16-24(27)26-21-11-8-19(9-12-21)18-5-3-2-4-6-18/h7-9,11-12,14-15,18H,2-6,10,13,16H2,1H3,(H,26,27). The average molecular weight is 361 g/mol. The summed E-state index contributed by atoms with van der Waals surface area (Å²) in [7, 11) is 0. The van der Waals surface area contributed by atoms with Gasteiger partial charge in [-0.2, -0.15) is 0 Å². The van der Waals surface area contributed by atoms with E-state index in [4.69, 9.17) is 4.99 Å². The number of hydrogen-bond acceptors (Lipinski definition) is 2. The molecule has 0 spiro atoms. The smallest absolute Gasteiger partial charge is 0.230 e. The molecule has 4 rings (SSSR count). The summed E-state index contributed by atoms with van der Waals surface area (Å²) >= 11 is 0. The van der Waals surface area contributed by atoms with E-state index in [0.29, 0.717) is 12.3 Å². The van der Waals surface area contributed by atoms with E-state index in [1.807, 2.05) is 12.1 Å². The second kappa shape index (κ2) is 8.08. The Morgan fingerprint density at radius 1 is 1.04 bits per heavy atom. The molecule has 27 heavy (non-hydrogen) atoms. The molecule has 0 atom stereocenters. The number of nitrogens with one attached hydrogen (secondary N) is 1. The quantitative estimate of drug-likeness (QED) is 0.704. The number of aryl methyl sites for hydroxylation is 2. The maximum atomic E-state index is 12.4. The van der Waals surface area contributed by atoms with Gasteiger partial charge in [-0.1, -0.05) is 49.1 Å². The summed E-state index contributed by atoms with van der Waals surface area (Å²) in [4.78, 5) is 17.1. The van der Waals surface area contributed by atoms with Crippen molar-refractivity contribution in [2.75, 3.05) is 5.32 Å². The zero-order valence-electron chi connectivity index (χ0n) is 16.1. The highest BCUT2D eigenvalue weighted by atomic mass is 16.1. The summed E-state index contributed by atoms with van der Waals surface area (Å²) in [6, 6.07) is 14.8. The van der Waals surface area contributed by atoms with E-state index in [-0.39, 0.29) is 5.91 Å². The fraction of sp³-hybridized carbons (Fsp3) is 0.417. The molecule has 2 aromatic rings. The Morgan fingerprint density at radius 2 is 1.81 bits per heavy atom. The number of rotatable bonds is 4. The normalized spacial score (nSPS) is 17.1. The second-order valence-electron chi connectivity index (χ2n) is 7.99. The third-order valence-electron chi connectivity index (χ3n) is 5.83. The molecule has 0 bridgehead atoms. The molecule has 1 N–H and O–H groups in total. The first-order chi connectivity index (χ1) is 13.2. The maximum Gasteiger partial charge on any atom is 0.230 e. The summed E-state index contributed by atoms with van der Waals surface area (Å²) in [6.45, 7) is 2.10. The molecule has 3 nitrogen and oxygen atoms in total. The number of hydrogen-bond donors (Lipinski definition) is 1. The van der Waals surface area contributed by atoms with E-state index in [1.165, 1.54) is 48.8 Å². The summed E-state index contributed by atoms with van der Waals surface area (Å²) in [5, 5.41) is 3.03. The second-order valence-corrected chi connectivity index (χ2v) is 7.99. The Balaban J connectivity index is 1.36. The molecule has 0 saturated heterocycles. The molecule has 140 valence electrons. The minimum absolute atomic E-state index is 0.0229. The fourth-order valence-electron chi connectivity index (χ4n) is 4.32. The van der Waals surface area contributed by atoms with E-state index in [0.717, 1.165) is 29.9 Å². The SMILES string of the molecule is Cc1ccc2c(c1)CCC(CC(=O)Nc1ccc(C3CCCCC3)cc1)=N2. The van der Waals surface area contributed by atoms with Crippen LogP contribution in [0.4, 0.5) is 11.4 Å². The van der Waals surface area contributed by atoms with Crippen LogP contribution >= 0.6 is 0 Å².